The van der Waals surface area contributed by atoms with Gasteiger partial charge in [0.15, 0.2) is 0 Å². The van der Waals surface area contributed by atoms with Gasteiger partial charge in [-0.3, -0.25) is 0 Å². The summed E-state index contributed by atoms with van der Waals surface area (Å²) >= 11 is 1.81. The molecule has 0 heterocycles. The van der Waals surface area contributed by atoms with Gasteiger partial charge in [0, 0.05) is 16.5 Å². The molecule has 0 aromatic carbocycles. The van der Waals surface area contributed by atoms with E-state index in [0.29, 0.717) is 11.2 Å². The standard InChI is InChI=1S/C10H23NOS/c1-5-8(4)13-9(6-12)10(11)7(2)3/h7-10,12H,5-6,11H2,1-4H3. The lowest BCUT2D eigenvalue weighted by Gasteiger charge is -2.26. The van der Waals surface area contributed by atoms with E-state index in [1.54, 1.807) is 11.8 Å². The number of rotatable bonds is 6. The van der Waals surface area contributed by atoms with Gasteiger partial charge in [0.2, 0.25) is 0 Å². The van der Waals surface area contributed by atoms with Crippen molar-refractivity contribution in [2.75, 3.05) is 6.61 Å². The minimum Gasteiger partial charge on any atom is -0.395 e. The molecular formula is C10H23NOS. The number of hydrogen-bond acceptors (Lipinski definition) is 3. The van der Waals surface area contributed by atoms with Crippen LogP contribution < -0.4 is 5.73 Å². The van der Waals surface area contributed by atoms with Crippen LogP contribution in [0.1, 0.15) is 34.1 Å². The Hall–Kier alpha value is 0.270. The highest BCUT2D eigenvalue weighted by Gasteiger charge is 2.21. The summed E-state index contributed by atoms with van der Waals surface area (Å²) < 4.78 is 0. The van der Waals surface area contributed by atoms with Crippen molar-refractivity contribution in [3.63, 3.8) is 0 Å². The Kier molecular flexibility index (Phi) is 6.82. The van der Waals surface area contributed by atoms with Crippen LogP contribution in [0.5, 0.6) is 0 Å². The zero-order chi connectivity index (χ0) is 10.4. The maximum Gasteiger partial charge on any atom is 0.0565 e. The SMILES string of the molecule is CCC(C)SC(CO)C(N)C(C)C. The summed E-state index contributed by atoms with van der Waals surface area (Å²) in [5.41, 5.74) is 5.99. The number of aliphatic hydroxyl groups is 1. The minimum atomic E-state index is 0.101. The van der Waals surface area contributed by atoms with Crippen molar-refractivity contribution in [3.8, 4) is 0 Å². The molecule has 0 rings (SSSR count). The molecule has 80 valence electrons. The van der Waals surface area contributed by atoms with Crippen LogP contribution in [0.4, 0.5) is 0 Å². The van der Waals surface area contributed by atoms with Gasteiger partial charge in [-0.15, -0.1) is 0 Å². The monoisotopic (exact) mass is 205 g/mol. The van der Waals surface area contributed by atoms with Crippen LogP contribution in [0, 0.1) is 5.92 Å². The summed E-state index contributed by atoms with van der Waals surface area (Å²) in [6.07, 6.45) is 1.13. The molecule has 0 spiro atoms. The van der Waals surface area contributed by atoms with E-state index in [4.69, 9.17) is 5.73 Å². The van der Waals surface area contributed by atoms with E-state index in [2.05, 4.69) is 27.7 Å². The number of aliphatic hydroxyl groups excluding tert-OH is 1. The van der Waals surface area contributed by atoms with E-state index in [1.165, 1.54) is 0 Å². The first-order valence-corrected chi connectivity index (χ1v) is 5.99. The summed E-state index contributed by atoms with van der Waals surface area (Å²) in [5, 5.41) is 9.96. The van der Waals surface area contributed by atoms with Crippen molar-refractivity contribution < 1.29 is 5.11 Å². The van der Waals surface area contributed by atoms with Gasteiger partial charge >= 0.3 is 0 Å². The number of thioether (sulfide) groups is 1. The fraction of sp³-hybridized carbons (Fsp3) is 1.00. The Morgan fingerprint density at radius 1 is 1.31 bits per heavy atom. The van der Waals surface area contributed by atoms with Crippen LogP contribution in [-0.2, 0) is 0 Å². The molecule has 0 aliphatic rings. The highest BCUT2D eigenvalue weighted by atomic mass is 32.2. The molecule has 0 radical (unpaired) electrons. The van der Waals surface area contributed by atoms with Crippen molar-refractivity contribution in [2.45, 2.75) is 50.7 Å². The average Bonchev–Trinajstić information content (AvgIpc) is 2.12. The third kappa shape index (κ3) is 4.89. The van der Waals surface area contributed by atoms with Crippen LogP contribution in [0.15, 0.2) is 0 Å². The maximum atomic E-state index is 9.19. The molecule has 13 heavy (non-hydrogen) atoms. The molecule has 0 aliphatic heterocycles. The Morgan fingerprint density at radius 2 is 1.85 bits per heavy atom. The molecule has 0 saturated heterocycles. The lowest BCUT2D eigenvalue weighted by Crippen LogP contribution is -2.40. The van der Waals surface area contributed by atoms with Crippen LogP contribution in [-0.4, -0.2) is 28.3 Å². The predicted octanol–water partition coefficient (Wildman–Crippen LogP) is 1.86. The molecular weight excluding hydrogens is 182 g/mol. The van der Waals surface area contributed by atoms with Gasteiger partial charge in [-0.25, -0.2) is 0 Å². The van der Waals surface area contributed by atoms with Gasteiger partial charge in [-0.2, -0.15) is 11.8 Å². The molecule has 2 nitrogen and oxygen atoms in total. The zero-order valence-corrected chi connectivity index (χ0v) is 9.97. The van der Waals surface area contributed by atoms with Crippen molar-refractivity contribution in [2.24, 2.45) is 11.7 Å². The normalized spacial score (nSPS) is 18.7. The van der Waals surface area contributed by atoms with Gasteiger partial charge in [0.25, 0.3) is 0 Å². The Balaban J connectivity index is 4.01. The van der Waals surface area contributed by atoms with Gasteiger partial charge in [0.1, 0.15) is 0 Å². The van der Waals surface area contributed by atoms with Gasteiger partial charge < -0.3 is 10.8 Å². The van der Waals surface area contributed by atoms with Crippen molar-refractivity contribution in [3.05, 3.63) is 0 Å². The third-order valence-corrected chi connectivity index (χ3v) is 3.97. The van der Waals surface area contributed by atoms with E-state index in [0.717, 1.165) is 6.42 Å². The molecule has 0 aliphatic carbocycles. The molecule has 0 bridgehead atoms. The molecule has 3 unspecified atom stereocenters. The smallest absolute Gasteiger partial charge is 0.0565 e. The highest BCUT2D eigenvalue weighted by Crippen LogP contribution is 2.24. The lowest BCUT2D eigenvalue weighted by molar-refractivity contribution is 0.269. The fourth-order valence-electron chi connectivity index (χ4n) is 1.08. The highest BCUT2D eigenvalue weighted by molar-refractivity contribution is 8.00. The first kappa shape index (κ1) is 13.3. The Labute approximate surface area is 86.3 Å². The van der Waals surface area contributed by atoms with Crippen LogP contribution in [0.2, 0.25) is 0 Å². The zero-order valence-electron chi connectivity index (χ0n) is 9.16. The van der Waals surface area contributed by atoms with Crippen molar-refractivity contribution in [1.29, 1.82) is 0 Å². The second kappa shape index (κ2) is 6.68. The summed E-state index contributed by atoms with van der Waals surface area (Å²) in [6.45, 7) is 8.73. The summed E-state index contributed by atoms with van der Waals surface area (Å²) in [6, 6.07) is 0.101. The quantitative estimate of drug-likeness (QED) is 0.696. The number of hydrogen-bond donors (Lipinski definition) is 2. The van der Waals surface area contributed by atoms with E-state index in [-0.39, 0.29) is 17.9 Å². The molecule has 0 aromatic rings. The third-order valence-electron chi connectivity index (χ3n) is 2.36. The fourth-order valence-corrected chi connectivity index (χ4v) is 2.45. The van der Waals surface area contributed by atoms with Crippen LogP contribution in [0.3, 0.4) is 0 Å². The average molecular weight is 205 g/mol. The molecule has 0 amide bonds. The van der Waals surface area contributed by atoms with Crippen molar-refractivity contribution in [1.82, 2.24) is 0 Å². The van der Waals surface area contributed by atoms with E-state index in [9.17, 15) is 5.11 Å². The maximum absolute atomic E-state index is 9.19. The first-order valence-electron chi connectivity index (χ1n) is 5.04. The summed E-state index contributed by atoms with van der Waals surface area (Å²) in [7, 11) is 0. The second-order valence-electron chi connectivity index (χ2n) is 3.90. The molecule has 0 fully saturated rings. The molecule has 0 saturated carbocycles. The topological polar surface area (TPSA) is 46.2 Å². The molecule has 3 heteroatoms. The summed E-state index contributed by atoms with van der Waals surface area (Å²) in [4.78, 5) is 0. The predicted molar refractivity (Wildman–Crippen MR) is 61.0 cm³/mol. The first-order chi connectivity index (χ1) is 6.02. The molecule has 3 atom stereocenters. The van der Waals surface area contributed by atoms with E-state index >= 15 is 0 Å². The van der Waals surface area contributed by atoms with Gasteiger partial charge in [-0.1, -0.05) is 27.7 Å². The minimum absolute atomic E-state index is 0.101. The molecule has 0 aromatic heterocycles. The van der Waals surface area contributed by atoms with Gasteiger partial charge in [-0.05, 0) is 12.3 Å². The van der Waals surface area contributed by atoms with E-state index < -0.39 is 0 Å². The van der Waals surface area contributed by atoms with Crippen molar-refractivity contribution >= 4 is 11.8 Å². The van der Waals surface area contributed by atoms with Crippen LogP contribution >= 0.6 is 11.8 Å². The largest absolute Gasteiger partial charge is 0.395 e. The summed E-state index contributed by atoms with van der Waals surface area (Å²) in [5.74, 6) is 0.439. The Morgan fingerprint density at radius 3 is 2.15 bits per heavy atom. The van der Waals surface area contributed by atoms with Gasteiger partial charge in [0.05, 0.1) is 6.61 Å². The Bertz CT molecular complexity index is 130. The van der Waals surface area contributed by atoms with Crippen LogP contribution in [0.25, 0.3) is 0 Å². The second-order valence-corrected chi connectivity index (χ2v) is 5.58. The van der Waals surface area contributed by atoms with E-state index in [1.807, 2.05) is 0 Å². The number of nitrogens with two attached hydrogens (primary N) is 1. The lowest BCUT2D eigenvalue weighted by atomic mass is 10.0. The molecule has 3 N–H and O–H groups in total.